The van der Waals surface area contributed by atoms with Crippen LogP contribution in [-0.2, 0) is 6.54 Å². The lowest BCUT2D eigenvalue weighted by Gasteiger charge is -2.22. The molecule has 8 nitrogen and oxygen atoms in total. The van der Waals surface area contributed by atoms with E-state index in [9.17, 15) is 4.79 Å². The van der Waals surface area contributed by atoms with E-state index in [-0.39, 0.29) is 30.7 Å². The molecule has 28 heavy (non-hydrogen) atoms. The Labute approximate surface area is 177 Å². The van der Waals surface area contributed by atoms with Gasteiger partial charge in [0.1, 0.15) is 5.82 Å². The maximum absolute atomic E-state index is 12.3. The van der Waals surface area contributed by atoms with Gasteiger partial charge in [-0.1, -0.05) is 11.3 Å². The van der Waals surface area contributed by atoms with Crippen molar-refractivity contribution in [3.63, 3.8) is 0 Å². The standard InChI is InChI=1S/C18H25N7O.2ClH/c26-18(16-13-25(23-22-16)15-5-7-19-8-6-15)21-12-14-3-4-17(20-11-14)24-9-1-2-10-24;;/h3-4,11,13,15,19H,1-2,5-10,12H2,(H,21,26);2*1H. The molecular formula is C18H27Cl2N7O. The number of rotatable bonds is 5. The summed E-state index contributed by atoms with van der Waals surface area (Å²) in [5.74, 6) is 0.816. The summed E-state index contributed by atoms with van der Waals surface area (Å²) < 4.78 is 1.82. The van der Waals surface area contributed by atoms with Gasteiger partial charge in [0, 0.05) is 25.8 Å². The summed E-state index contributed by atoms with van der Waals surface area (Å²) in [6.07, 6.45) is 8.08. The van der Waals surface area contributed by atoms with E-state index in [0.717, 1.165) is 50.4 Å². The molecule has 0 spiro atoms. The fourth-order valence-corrected chi connectivity index (χ4v) is 3.56. The highest BCUT2D eigenvalue weighted by Gasteiger charge is 2.19. The minimum absolute atomic E-state index is 0. The zero-order chi connectivity index (χ0) is 17.8. The van der Waals surface area contributed by atoms with Gasteiger partial charge in [0.25, 0.3) is 5.91 Å². The first-order valence-electron chi connectivity index (χ1n) is 9.40. The van der Waals surface area contributed by atoms with Gasteiger partial charge in [-0.3, -0.25) is 4.79 Å². The molecule has 0 bridgehead atoms. The van der Waals surface area contributed by atoms with Gasteiger partial charge >= 0.3 is 0 Å². The van der Waals surface area contributed by atoms with E-state index in [2.05, 4.69) is 30.8 Å². The van der Waals surface area contributed by atoms with E-state index in [1.807, 2.05) is 23.0 Å². The van der Waals surface area contributed by atoms with Gasteiger partial charge in [-0.25, -0.2) is 9.67 Å². The van der Waals surface area contributed by atoms with E-state index in [0.29, 0.717) is 18.3 Å². The lowest BCUT2D eigenvalue weighted by atomic mass is 10.1. The third-order valence-electron chi connectivity index (χ3n) is 5.12. The van der Waals surface area contributed by atoms with Crippen molar-refractivity contribution in [3.05, 3.63) is 35.8 Å². The number of hydrogen-bond donors (Lipinski definition) is 2. The van der Waals surface area contributed by atoms with E-state index in [1.165, 1.54) is 12.8 Å². The van der Waals surface area contributed by atoms with Crippen LogP contribution in [0.25, 0.3) is 0 Å². The third kappa shape index (κ3) is 5.33. The Morgan fingerprint density at radius 3 is 2.61 bits per heavy atom. The average Bonchev–Trinajstić information content (AvgIpc) is 3.39. The maximum Gasteiger partial charge on any atom is 0.273 e. The van der Waals surface area contributed by atoms with Crippen LogP contribution < -0.4 is 15.5 Å². The molecule has 0 atom stereocenters. The summed E-state index contributed by atoms with van der Waals surface area (Å²) in [5.41, 5.74) is 1.34. The van der Waals surface area contributed by atoms with Crippen LogP contribution in [0.4, 0.5) is 5.82 Å². The summed E-state index contributed by atoms with van der Waals surface area (Å²) >= 11 is 0. The third-order valence-corrected chi connectivity index (χ3v) is 5.12. The molecule has 0 radical (unpaired) electrons. The number of pyridine rings is 1. The predicted octanol–water partition coefficient (Wildman–Crippen LogP) is 1.97. The predicted molar refractivity (Wildman–Crippen MR) is 113 cm³/mol. The number of amides is 1. The van der Waals surface area contributed by atoms with Crippen molar-refractivity contribution in [1.29, 1.82) is 0 Å². The number of piperidine rings is 1. The Hall–Kier alpha value is -1.90. The molecule has 2 aromatic rings. The first kappa shape index (κ1) is 22.4. The van der Waals surface area contributed by atoms with Gasteiger partial charge in [-0.15, -0.1) is 29.9 Å². The fraction of sp³-hybridized carbons (Fsp3) is 0.556. The zero-order valence-corrected chi connectivity index (χ0v) is 17.3. The van der Waals surface area contributed by atoms with Crippen LogP contribution in [0, 0.1) is 0 Å². The Morgan fingerprint density at radius 1 is 1.18 bits per heavy atom. The largest absolute Gasteiger partial charge is 0.357 e. The lowest BCUT2D eigenvalue weighted by molar-refractivity contribution is 0.0946. The van der Waals surface area contributed by atoms with Crippen molar-refractivity contribution in [2.24, 2.45) is 0 Å². The summed E-state index contributed by atoms with van der Waals surface area (Å²) in [6.45, 7) is 4.55. The molecule has 0 saturated carbocycles. The summed E-state index contributed by atoms with van der Waals surface area (Å²) in [7, 11) is 0. The average molecular weight is 428 g/mol. The Kier molecular flexibility index (Phi) is 8.47. The zero-order valence-electron chi connectivity index (χ0n) is 15.7. The van der Waals surface area contributed by atoms with Crippen LogP contribution >= 0.6 is 24.8 Å². The van der Waals surface area contributed by atoms with E-state index < -0.39 is 0 Å². The number of halogens is 2. The van der Waals surface area contributed by atoms with Crippen LogP contribution in [0.1, 0.15) is 47.8 Å². The van der Waals surface area contributed by atoms with Crippen LogP contribution in [0.15, 0.2) is 24.5 Å². The fourth-order valence-electron chi connectivity index (χ4n) is 3.56. The van der Waals surface area contributed by atoms with Crippen LogP contribution in [-0.4, -0.2) is 52.1 Å². The maximum atomic E-state index is 12.3. The first-order chi connectivity index (χ1) is 12.8. The SMILES string of the molecule is Cl.Cl.O=C(NCc1ccc(N2CCCC2)nc1)c1cn(C2CCNCC2)nn1. The normalized spacial score (nSPS) is 16.9. The minimum Gasteiger partial charge on any atom is -0.357 e. The molecule has 4 rings (SSSR count). The van der Waals surface area contributed by atoms with Crippen LogP contribution in [0.3, 0.4) is 0 Å². The van der Waals surface area contributed by atoms with E-state index >= 15 is 0 Å². The van der Waals surface area contributed by atoms with Crippen molar-refractivity contribution in [1.82, 2.24) is 30.6 Å². The number of aromatic nitrogens is 4. The van der Waals surface area contributed by atoms with E-state index in [4.69, 9.17) is 0 Å². The minimum atomic E-state index is -0.200. The second kappa shape index (κ2) is 10.6. The highest BCUT2D eigenvalue weighted by atomic mass is 35.5. The molecular weight excluding hydrogens is 401 g/mol. The van der Waals surface area contributed by atoms with Crippen molar-refractivity contribution in [3.8, 4) is 0 Å². The number of nitrogens with zero attached hydrogens (tertiary/aromatic N) is 5. The first-order valence-corrected chi connectivity index (χ1v) is 9.40. The molecule has 0 aromatic carbocycles. The molecule has 0 unspecified atom stereocenters. The van der Waals surface area contributed by atoms with Crippen molar-refractivity contribution in [2.75, 3.05) is 31.1 Å². The molecule has 2 N–H and O–H groups in total. The molecule has 0 aliphatic carbocycles. The number of carbonyl (C=O) groups is 1. The Bertz CT molecular complexity index is 741. The monoisotopic (exact) mass is 427 g/mol. The van der Waals surface area contributed by atoms with Gasteiger partial charge in [0.2, 0.25) is 0 Å². The highest BCUT2D eigenvalue weighted by Crippen LogP contribution is 2.18. The molecule has 2 aliphatic heterocycles. The van der Waals surface area contributed by atoms with Gasteiger partial charge in [-0.2, -0.15) is 0 Å². The Balaban J connectivity index is 0.00000140. The van der Waals surface area contributed by atoms with E-state index in [1.54, 1.807) is 6.20 Å². The van der Waals surface area contributed by atoms with Gasteiger partial charge in [0.15, 0.2) is 5.69 Å². The van der Waals surface area contributed by atoms with Crippen LogP contribution in [0.5, 0.6) is 0 Å². The topological polar surface area (TPSA) is 88.0 Å². The number of carbonyl (C=O) groups excluding carboxylic acids is 1. The molecule has 2 aliphatic rings. The molecule has 1 amide bonds. The van der Waals surface area contributed by atoms with Crippen molar-refractivity contribution < 1.29 is 4.79 Å². The summed E-state index contributed by atoms with van der Waals surface area (Å²) in [4.78, 5) is 19.1. The Morgan fingerprint density at radius 2 is 1.93 bits per heavy atom. The second-order valence-electron chi connectivity index (χ2n) is 6.97. The van der Waals surface area contributed by atoms with Crippen molar-refractivity contribution in [2.45, 2.75) is 38.3 Å². The smallest absolute Gasteiger partial charge is 0.273 e. The van der Waals surface area contributed by atoms with Crippen molar-refractivity contribution >= 4 is 36.5 Å². The molecule has 2 fully saturated rings. The molecule has 10 heteroatoms. The molecule has 2 aromatic heterocycles. The quantitative estimate of drug-likeness (QED) is 0.757. The molecule has 4 heterocycles. The van der Waals surface area contributed by atoms with Gasteiger partial charge in [0.05, 0.1) is 12.2 Å². The number of hydrogen-bond acceptors (Lipinski definition) is 6. The second-order valence-corrected chi connectivity index (χ2v) is 6.97. The highest BCUT2D eigenvalue weighted by molar-refractivity contribution is 5.91. The lowest BCUT2D eigenvalue weighted by Crippen LogP contribution is -2.29. The summed E-state index contributed by atoms with van der Waals surface area (Å²) in [6, 6.07) is 4.38. The summed E-state index contributed by atoms with van der Waals surface area (Å²) in [5, 5.41) is 14.4. The molecule has 2 saturated heterocycles. The number of anilines is 1. The molecule has 154 valence electrons. The van der Waals surface area contributed by atoms with Gasteiger partial charge < -0.3 is 15.5 Å². The number of nitrogens with one attached hydrogen (secondary N) is 2. The van der Waals surface area contributed by atoms with Gasteiger partial charge in [-0.05, 0) is 50.4 Å². The van der Waals surface area contributed by atoms with Crippen LogP contribution in [0.2, 0.25) is 0 Å².